The number of aromatic nitrogens is 3. The largest absolute Gasteiger partial charge is 0.300 e. The molecule has 4 nitrogen and oxygen atoms in total. The Morgan fingerprint density at radius 1 is 1.25 bits per heavy atom. The number of hydrogen-bond acceptors (Lipinski definition) is 3. The number of hydrogen-bond donors (Lipinski definition) is 0. The number of nitrogens with zero attached hydrogens (tertiary/aromatic N) is 4. The van der Waals surface area contributed by atoms with Gasteiger partial charge in [0.05, 0.1) is 11.4 Å². The van der Waals surface area contributed by atoms with E-state index in [-0.39, 0.29) is 0 Å². The van der Waals surface area contributed by atoms with Crippen LogP contribution in [0.3, 0.4) is 0 Å². The zero-order valence-corrected chi connectivity index (χ0v) is 12.3. The van der Waals surface area contributed by atoms with Gasteiger partial charge in [-0.25, -0.2) is 4.68 Å². The van der Waals surface area contributed by atoms with Crippen LogP contribution in [-0.4, -0.2) is 33.5 Å². The van der Waals surface area contributed by atoms with Crippen LogP contribution in [0.4, 0.5) is 0 Å². The number of benzene rings is 1. The van der Waals surface area contributed by atoms with E-state index in [0.29, 0.717) is 5.92 Å². The second-order valence-corrected chi connectivity index (χ2v) is 5.68. The Labute approximate surface area is 120 Å². The predicted molar refractivity (Wildman–Crippen MR) is 80.0 cm³/mol. The second kappa shape index (κ2) is 5.75. The molecule has 1 saturated carbocycles. The van der Waals surface area contributed by atoms with Crippen LogP contribution in [0.2, 0.25) is 0 Å². The fourth-order valence-electron chi connectivity index (χ4n) is 2.67. The van der Waals surface area contributed by atoms with E-state index in [1.165, 1.54) is 25.0 Å². The molecule has 1 aromatic heterocycles. The maximum absolute atomic E-state index is 4.45. The molecule has 1 aliphatic rings. The first-order valence-corrected chi connectivity index (χ1v) is 7.48. The third kappa shape index (κ3) is 2.75. The summed E-state index contributed by atoms with van der Waals surface area (Å²) < 4.78 is 2.03. The minimum atomic E-state index is 0.648. The summed E-state index contributed by atoms with van der Waals surface area (Å²) in [4.78, 5) is 2.32. The topological polar surface area (TPSA) is 34.0 Å². The summed E-state index contributed by atoms with van der Waals surface area (Å²) in [6, 6.07) is 10.3. The molecule has 0 spiro atoms. The van der Waals surface area contributed by atoms with Crippen LogP contribution in [0.25, 0.3) is 5.69 Å². The zero-order chi connectivity index (χ0) is 13.9. The fraction of sp³-hybridized carbons (Fsp3) is 0.500. The van der Waals surface area contributed by atoms with Crippen molar-refractivity contribution in [2.45, 2.75) is 38.6 Å². The molecule has 20 heavy (non-hydrogen) atoms. The van der Waals surface area contributed by atoms with Gasteiger partial charge in [0.2, 0.25) is 0 Å². The monoisotopic (exact) mass is 270 g/mol. The van der Waals surface area contributed by atoms with Crippen LogP contribution in [-0.2, 0) is 6.54 Å². The van der Waals surface area contributed by atoms with Gasteiger partial charge in [0.25, 0.3) is 0 Å². The highest BCUT2D eigenvalue weighted by Gasteiger charge is 2.31. The molecular formula is C16H22N4. The quantitative estimate of drug-likeness (QED) is 0.809. The molecule has 0 atom stereocenters. The van der Waals surface area contributed by atoms with E-state index in [4.69, 9.17) is 0 Å². The smallest absolute Gasteiger partial charge is 0.101 e. The molecular weight excluding hydrogens is 248 g/mol. The van der Waals surface area contributed by atoms with Crippen LogP contribution >= 0.6 is 0 Å². The Morgan fingerprint density at radius 3 is 2.65 bits per heavy atom. The summed E-state index contributed by atoms with van der Waals surface area (Å²) in [5.74, 6) is 0.648. The van der Waals surface area contributed by atoms with Gasteiger partial charge in [0.1, 0.15) is 5.69 Å². The van der Waals surface area contributed by atoms with Crippen molar-refractivity contribution in [1.82, 2.24) is 19.9 Å². The number of para-hydroxylation sites is 1. The summed E-state index contributed by atoms with van der Waals surface area (Å²) in [5.41, 5.74) is 3.58. The van der Waals surface area contributed by atoms with Crippen molar-refractivity contribution in [2.75, 3.05) is 13.6 Å². The van der Waals surface area contributed by atoms with Crippen LogP contribution in [0.1, 0.15) is 43.5 Å². The first-order chi connectivity index (χ1) is 9.79. The van der Waals surface area contributed by atoms with Crippen molar-refractivity contribution in [3.8, 4) is 5.69 Å². The standard InChI is InChI=1S/C16H22N4/c1-3-11-19(2)12-15-16(13-9-10-13)20(18-17-15)14-7-5-4-6-8-14/h4-8,13H,3,9-12H2,1-2H3. The molecule has 106 valence electrons. The van der Waals surface area contributed by atoms with Crippen molar-refractivity contribution in [3.63, 3.8) is 0 Å². The van der Waals surface area contributed by atoms with E-state index in [1.807, 2.05) is 10.7 Å². The average molecular weight is 270 g/mol. The Hall–Kier alpha value is -1.68. The first kappa shape index (κ1) is 13.3. The van der Waals surface area contributed by atoms with Gasteiger partial charge in [-0.15, -0.1) is 5.10 Å². The van der Waals surface area contributed by atoms with E-state index in [2.05, 4.69) is 53.4 Å². The molecule has 1 heterocycles. The maximum atomic E-state index is 4.45. The highest BCUT2D eigenvalue weighted by molar-refractivity contribution is 5.35. The van der Waals surface area contributed by atoms with Crippen molar-refractivity contribution < 1.29 is 0 Å². The third-order valence-corrected chi connectivity index (χ3v) is 3.77. The molecule has 0 aliphatic heterocycles. The highest BCUT2D eigenvalue weighted by Crippen LogP contribution is 2.42. The van der Waals surface area contributed by atoms with E-state index < -0.39 is 0 Å². The van der Waals surface area contributed by atoms with Crippen molar-refractivity contribution in [1.29, 1.82) is 0 Å². The molecule has 4 heteroatoms. The lowest BCUT2D eigenvalue weighted by Gasteiger charge is -2.15. The van der Waals surface area contributed by atoms with E-state index >= 15 is 0 Å². The van der Waals surface area contributed by atoms with Crippen molar-refractivity contribution >= 4 is 0 Å². The lowest BCUT2D eigenvalue weighted by Crippen LogP contribution is -2.19. The highest BCUT2D eigenvalue weighted by atomic mass is 15.4. The minimum Gasteiger partial charge on any atom is -0.300 e. The average Bonchev–Trinajstić information content (AvgIpc) is 3.21. The molecule has 1 aliphatic carbocycles. The van der Waals surface area contributed by atoms with Gasteiger partial charge in [0, 0.05) is 12.5 Å². The second-order valence-electron chi connectivity index (χ2n) is 5.68. The molecule has 3 rings (SSSR count). The maximum Gasteiger partial charge on any atom is 0.101 e. The third-order valence-electron chi connectivity index (χ3n) is 3.77. The predicted octanol–water partition coefficient (Wildman–Crippen LogP) is 2.99. The van der Waals surface area contributed by atoms with E-state index in [9.17, 15) is 0 Å². The van der Waals surface area contributed by atoms with Crippen LogP contribution < -0.4 is 0 Å². The Bertz CT molecular complexity index is 557. The van der Waals surface area contributed by atoms with Gasteiger partial charge in [-0.1, -0.05) is 30.3 Å². The molecule has 0 N–H and O–H groups in total. The summed E-state index contributed by atoms with van der Waals surface area (Å²) >= 11 is 0. The minimum absolute atomic E-state index is 0.648. The van der Waals surface area contributed by atoms with Crippen LogP contribution in [0, 0.1) is 0 Å². The molecule has 0 saturated heterocycles. The van der Waals surface area contributed by atoms with Crippen molar-refractivity contribution in [2.24, 2.45) is 0 Å². The van der Waals surface area contributed by atoms with Crippen LogP contribution in [0.5, 0.6) is 0 Å². The molecule has 0 amide bonds. The van der Waals surface area contributed by atoms with E-state index in [1.54, 1.807) is 0 Å². The van der Waals surface area contributed by atoms with Gasteiger partial charge in [-0.3, -0.25) is 0 Å². The summed E-state index contributed by atoms with van der Waals surface area (Å²) in [7, 11) is 2.15. The summed E-state index contributed by atoms with van der Waals surface area (Å²) in [6.45, 7) is 4.20. The Kier molecular flexibility index (Phi) is 3.83. The summed E-state index contributed by atoms with van der Waals surface area (Å²) in [5, 5.41) is 8.85. The number of rotatable bonds is 6. The van der Waals surface area contributed by atoms with Crippen molar-refractivity contribution in [3.05, 3.63) is 41.7 Å². The molecule has 0 unspecified atom stereocenters. The molecule has 1 fully saturated rings. The van der Waals surface area contributed by atoms with Gasteiger partial charge in [0.15, 0.2) is 0 Å². The summed E-state index contributed by atoms with van der Waals surface area (Å²) in [6.07, 6.45) is 3.71. The molecule has 1 aromatic carbocycles. The first-order valence-electron chi connectivity index (χ1n) is 7.48. The Morgan fingerprint density at radius 2 is 2.00 bits per heavy atom. The molecule has 0 bridgehead atoms. The van der Waals surface area contributed by atoms with E-state index in [0.717, 1.165) is 24.5 Å². The van der Waals surface area contributed by atoms with Gasteiger partial charge >= 0.3 is 0 Å². The fourth-order valence-corrected chi connectivity index (χ4v) is 2.67. The van der Waals surface area contributed by atoms with Crippen LogP contribution in [0.15, 0.2) is 30.3 Å². The molecule has 2 aromatic rings. The normalized spacial score (nSPS) is 14.9. The van der Waals surface area contributed by atoms with Gasteiger partial charge in [-0.2, -0.15) is 0 Å². The lowest BCUT2D eigenvalue weighted by atomic mass is 10.2. The molecule has 0 radical (unpaired) electrons. The zero-order valence-electron chi connectivity index (χ0n) is 12.3. The van der Waals surface area contributed by atoms with Gasteiger partial charge in [-0.05, 0) is 45.0 Å². The SMILES string of the molecule is CCCN(C)Cc1nnn(-c2ccccc2)c1C1CC1. The Balaban J connectivity index is 1.90. The lowest BCUT2D eigenvalue weighted by molar-refractivity contribution is 0.322. The van der Waals surface area contributed by atoms with Gasteiger partial charge < -0.3 is 4.90 Å².